The molecule has 3 rings (SSSR count). The molecule has 0 aliphatic carbocycles. The van der Waals surface area contributed by atoms with Gasteiger partial charge in [0.2, 0.25) is 5.91 Å². The maximum Gasteiger partial charge on any atom is 0.417 e. The molecule has 7 heteroatoms. The van der Waals surface area contributed by atoms with Crippen LogP contribution in [0.5, 0.6) is 0 Å². The van der Waals surface area contributed by atoms with E-state index in [4.69, 9.17) is 0 Å². The SMILES string of the molecule is C[C@](O)(CC(=O)N1CC[NH+](Cc2cccc3ccccc23)CC1)C(F)(F)F. The smallest absolute Gasteiger partial charge is 0.380 e. The Labute approximate surface area is 156 Å². The molecular formula is C20H24F3N2O2+. The molecule has 2 aromatic rings. The maximum absolute atomic E-state index is 12.8. The van der Waals surface area contributed by atoms with Crippen LogP contribution in [0.1, 0.15) is 18.9 Å². The van der Waals surface area contributed by atoms with E-state index in [-0.39, 0.29) is 0 Å². The fourth-order valence-electron chi connectivity index (χ4n) is 3.47. The van der Waals surface area contributed by atoms with Crippen LogP contribution in [0.15, 0.2) is 42.5 Å². The van der Waals surface area contributed by atoms with Crippen LogP contribution >= 0.6 is 0 Å². The number of hydrogen-bond donors (Lipinski definition) is 2. The Morgan fingerprint density at radius 1 is 1.11 bits per heavy atom. The van der Waals surface area contributed by atoms with Crippen molar-refractivity contribution in [3.05, 3.63) is 48.0 Å². The van der Waals surface area contributed by atoms with Crippen LogP contribution in [0.25, 0.3) is 10.8 Å². The summed E-state index contributed by atoms with van der Waals surface area (Å²) in [5, 5.41) is 11.9. The lowest BCUT2D eigenvalue weighted by molar-refractivity contribution is -0.917. The summed E-state index contributed by atoms with van der Waals surface area (Å²) in [6.07, 6.45) is -5.75. The van der Waals surface area contributed by atoms with Crippen molar-refractivity contribution in [3.8, 4) is 0 Å². The highest BCUT2D eigenvalue weighted by molar-refractivity contribution is 5.85. The van der Waals surface area contributed by atoms with Gasteiger partial charge in [0.05, 0.1) is 32.6 Å². The Kier molecular flexibility index (Phi) is 5.44. The number of nitrogens with one attached hydrogen (secondary N) is 1. The first-order chi connectivity index (χ1) is 12.7. The number of alkyl halides is 3. The molecule has 1 heterocycles. The monoisotopic (exact) mass is 381 g/mol. The number of quaternary nitrogens is 1. The van der Waals surface area contributed by atoms with Crippen LogP contribution in [-0.4, -0.2) is 53.9 Å². The average Bonchev–Trinajstić information content (AvgIpc) is 2.61. The van der Waals surface area contributed by atoms with Crippen molar-refractivity contribution in [2.24, 2.45) is 0 Å². The summed E-state index contributed by atoms with van der Waals surface area (Å²) in [4.78, 5) is 14.9. The van der Waals surface area contributed by atoms with Crippen molar-refractivity contribution in [1.82, 2.24) is 4.90 Å². The number of halogens is 3. The van der Waals surface area contributed by atoms with Gasteiger partial charge in [-0.1, -0.05) is 42.5 Å². The Hall–Kier alpha value is -2.12. The number of carbonyl (C=O) groups is 1. The highest BCUT2D eigenvalue weighted by Crippen LogP contribution is 2.33. The third-order valence-corrected chi connectivity index (χ3v) is 5.25. The van der Waals surface area contributed by atoms with Gasteiger partial charge in [0, 0.05) is 5.56 Å². The third kappa shape index (κ3) is 4.42. The molecule has 1 aliphatic heterocycles. The largest absolute Gasteiger partial charge is 0.417 e. The molecule has 146 valence electrons. The second-order valence-corrected chi connectivity index (χ2v) is 7.39. The minimum Gasteiger partial charge on any atom is -0.380 e. The van der Waals surface area contributed by atoms with E-state index in [2.05, 4.69) is 24.3 Å². The molecule has 1 fully saturated rings. The first-order valence-corrected chi connectivity index (χ1v) is 9.04. The summed E-state index contributed by atoms with van der Waals surface area (Å²) >= 11 is 0. The summed E-state index contributed by atoms with van der Waals surface area (Å²) in [6, 6.07) is 14.3. The second-order valence-electron chi connectivity index (χ2n) is 7.39. The van der Waals surface area contributed by atoms with Gasteiger partial charge in [0.15, 0.2) is 5.60 Å². The predicted octanol–water partition coefficient (Wildman–Crippen LogP) is 1.77. The number of rotatable bonds is 4. The fraction of sp³-hybridized carbons (Fsp3) is 0.450. The van der Waals surface area contributed by atoms with E-state index in [1.807, 2.05) is 18.2 Å². The number of aliphatic hydroxyl groups is 1. The molecule has 1 amide bonds. The van der Waals surface area contributed by atoms with Crippen LogP contribution in [0.3, 0.4) is 0 Å². The Bertz CT molecular complexity index is 807. The van der Waals surface area contributed by atoms with Crippen molar-refractivity contribution >= 4 is 16.7 Å². The summed E-state index contributed by atoms with van der Waals surface area (Å²) in [5.74, 6) is -0.651. The normalized spacial score (nSPS) is 18.5. The van der Waals surface area contributed by atoms with E-state index < -0.39 is 24.1 Å². The lowest BCUT2D eigenvalue weighted by atomic mass is 10.0. The predicted molar refractivity (Wildman–Crippen MR) is 96.2 cm³/mol. The summed E-state index contributed by atoms with van der Waals surface area (Å²) in [7, 11) is 0. The zero-order valence-corrected chi connectivity index (χ0v) is 15.2. The van der Waals surface area contributed by atoms with Crippen LogP contribution in [0.4, 0.5) is 13.2 Å². The van der Waals surface area contributed by atoms with Gasteiger partial charge in [-0.3, -0.25) is 4.79 Å². The van der Waals surface area contributed by atoms with Gasteiger partial charge >= 0.3 is 6.18 Å². The minimum absolute atomic E-state index is 0.396. The first kappa shape index (κ1) is 19.6. The van der Waals surface area contributed by atoms with Crippen LogP contribution in [-0.2, 0) is 11.3 Å². The van der Waals surface area contributed by atoms with E-state index in [0.29, 0.717) is 33.1 Å². The highest BCUT2D eigenvalue weighted by Gasteiger charge is 2.51. The molecule has 2 aromatic carbocycles. The van der Waals surface area contributed by atoms with Crippen molar-refractivity contribution in [1.29, 1.82) is 0 Å². The summed E-state index contributed by atoms with van der Waals surface area (Å²) in [5.41, 5.74) is -1.76. The minimum atomic E-state index is -4.82. The lowest BCUT2D eigenvalue weighted by Gasteiger charge is -2.34. The number of amides is 1. The lowest BCUT2D eigenvalue weighted by Crippen LogP contribution is -3.13. The van der Waals surface area contributed by atoms with E-state index in [1.165, 1.54) is 26.1 Å². The Morgan fingerprint density at radius 2 is 1.74 bits per heavy atom. The highest BCUT2D eigenvalue weighted by atomic mass is 19.4. The first-order valence-electron chi connectivity index (χ1n) is 9.04. The molecular weight excluding hydrogens is 357 g/mol. The molecule has 0 aromatic heterocycles. The number of nitrogens with zero attached hydrogens (tertiary/aromatic N) is 1. The zero-order chi connectivity index (χ0) is 19.7. The van der Waals surface area contributed by atoms with Gasteiger partial charge in [-0.05, 0) is 17.7 Å². The molecule has 0 unspecified atom stereocenters. The molecule has 0 spiro atoms. The zero-order valence-electron chi connectivity index (χ0n) is 15.2. The van der Waals surface area contributed by atoms with Crippen LogP contribution < -0.4 is 4.90 Å². The summed E-state index contributed by atoms with van der Waals surface area (Å²) < 4.78 is 38.3. The van der Waals surface area contributed by atoms with Gasteiger partial charge in [-0.15, -0.1) is 0 Å². The molecule has 27 heavy (non-hydrogen) atoms. The van der Waals surface area contributed by atoms with Gasteiger partial charge in [0.1, 0.15) is 6.54 Å². The van der Waals surface area contributed by atoms with E-state index in [1.54, 1.807) is 0 Å². The topological polar surface area (TPSA) is 45.0 Å². The standard InChI is InChI=1S/C20H23F3N2O2/c1-19(27,20(21,22)23)13-18(26)25-11-9-24(10-12-25)14-16-7-4-6-15-5-2-3-8-17(15)16/h2-8,27H,9-14H2,1H3/p+1/t19-/m0/s1. The third-order valence-electron chi connectivity index (χ3n) is 5.25. The van der Waals surface area contributed by atoms with Crippen LogP contribution in [0.2, 0.25) is 0 Å². The fourth-order valence-corrected chi connectivity index (χ4v) is 3.47. The molecule has 2 N–H and O–H groups in total. The van der Waals surface area contributed by atoms with Crippen molar-refractivity contribution in [2.45, 2.75) is 31.7 Å². The molecule has 1 aliphatic rings. The number of benzene rings is 2. The number of fused-ring (bicyclic) bond motifs is 1. The Balaban J connectivity index is 1.58. The molecule has 1 saturated heterocycles. The molecule has 0 bridgehead atoms. The Morgan fingerprint density at radius 3 is 2.41 bits per heavy atom. The van der Waals surface area contributed by atoms with E-state index in [9.17, 15) is 23.1 Å². The van der Waals surface area contributed by atoms with Gasteiger partial charge in [0.25, 0.3) is 0 Å². The summed E-state index contributed by atoms with van der Waals surface area (Å²) in [6.45, 7) is 3.59. The van der Waals surface area contributed by atoms with Crippen LogP contribution in [0, 0.1) is 0 Å². The molecule has 0 radical (unpaired) electrons. The second kappa shape index (κ2) is 7.48. The van der Waals surface area contributed by atoms with Crippen molar-refractivity contribution < 1.29 is 28.0 Å². The average molecular weight is 381 g/mol. The number of carbonyl (C=O) groups excluding carboxylic acids is 1. The van der Waals surface area contributed by atoms with Crippen molar-refractivity contribution in [2.75, 3.05) is 26.2 Å². The van der Waals surface area contributed by atoms with Gasteiger partial charge < -0.3 is 14.9 Å². The maximum atomic E-state index is 12.8. The number of piperazine rings is 1. The van der Waals surface area contributed by atoms with Gasteiger partial charge in [-0.25, -0.2) is 0 Å². The van der Waals surface area contributed by atoms with Crippen molar-refractivity contribution in [3.63, 3.8) is 0 Å². The quantitative estimate of drug-likeness (QED) is 0.848. The molecule has 0 saturated carbocycles. The van der Waals surface area contributed by atoms with E-state index in [0.717, 1.165) is 6.54 Å². The van der Waals surface area contributed by atoms with Gasteiger partial charge in [-0.2, -0.15) is 13.2 Å². The molecule has 4 nitrogen and oxygen atoms in total. The molecule has 1 atom stereocenters. The van der Waals surface area contributed by atoms with E-state index >= 15 is 0 Å². The number of hydrogen-bond acceptors (Lipinski definition) is 2.